The summed E-state index contributed by atoms with van der Waals surface area (Å²) >= 11 is 1.58. The summed E-state index contributed by atoms with van der Waals surface area (Å²) in [7, 11) is 0. The highest BCUT2D eigenvalue weighted by atomic mass is 32.2. The monoisotopic (exact) mass is 359 g/mol. The van der Waals surface area contributed by atoms with Crippen LogP contribution in [-0.4, -0.2) is 25.4 Å². The Balaban J connectivity index is 1.71. The SMILES string of the molecule is N#Cc1ccc(-c2ccncc2)c(CSc2cc(N)nc3[nH]nnc23)c1. The normalized spacial score (nSPS) is 10.7. The number of nitrogens with two attached hydrogens (primary N) is 1. The van der Waals surface area contributed by atoms with Crippen molar-refractivity contribution in [1.29, 1.82) is 5.26 Å². The zero-order valence-electron chi connectivity index (χ0n) is 13.5. The molecule has 0 unspecified atom stereocenters. The quantitative estimate of drug-likeness (QED) is 0.537. The molecule has 3 heterocycles. The Kier molecular flexibility index (Phi) is 4.21. The first-order chi connectivity index (χ1) is 12.7. The molecule has 0 spiro atoms. The predicted molar refractivity (Wildman–Crippen MR) is 100 cm³/mol. The molecule has 0 aliphatic carbocycles. The topological polar surface area (TPSA) is 117 Å². The lowest BCUT2D eigenvalue weighted by Gasteiger charge is -2.10. The molecule has 0 amide bonds. The van der Waals surface area contributed by atoms with E-state index in [1.807, 2.05) is 30.3 Å². The van der Waals surface area contributed by atoms with Crippen LogP contribution in [0.2, 0.25) is 0 Å². The van der Waals surface area contributed by atoms with Gasteiger partial charge in [0.1, 0.15) is 11.3 Å². The number of thioether (sulfide) groups is 1. The zero-order chi connectivity index (χ0) is 17.9. The van der Waals surface area contributed by atoms with E-state index in [9.17, 15) is 5.26 Å². The third-order valence-electron chi connectivity index (χ3n) is 3.89. The maximum Gasteiger partial charge on any atom is 0.179 e. The molecule has 0 aliphatic heterocycles. The molecule has 1 aromatic carbocycles. The van der Waals surface area contributed by atoms with Gasteiger partial charge in [-0.3, -0.25) is 4.98 Å². The summed E-state index contributed by atoms with van der Waals surface area (Å²) in [6.07, 6.45) is 3.51. The Morgan fingerprint density at radius 1 is 1.15 bits per heavy atom. The number of rotatable bonds is 4. The van der Waals surface area contributed by atoms with Crippen molar-refractivity contribution in [3.63, 3.8) is 0 Å². The van der Waals surface area contributed by atoms with Crippen LogP contribution in [0.1, 0.15) is 11.1 Å². The fourth-order valence-electron chi connectivity index (χ4n) is 2.69. The number of nitriles is 1. The van der Waals surface area contributed by atoms with Crippen LogP contribution in [0.4, 0.5) is 5.82 Å². The van der Waals surface area contributed by atoms with Gasteiger partial charge in [0.15, 0.2) is 5.65 Å². The number of benzene rings is 1. The van der Waals surface area contributed by atoms with Crippen molar-refractivity contribution in [3.8, 4) is 17.2 Å². The summed E-state index contributed by atoms with van der Waals surface area (Å²) in [4.78, 5) is 9.14. The average molecular weight is 359 g/mol. The van der Waals surface area contributed by atoms with E-state index in [2.05, 4.69) is 31.4 Å². The predicted octanol–water partition coefficient (Wildman–Crippen LogP) is 3.16. The third-order valence-corrected chi connectivity index (χ3v) is 4.97. The summed E-state index contributed by atoms with van der Waals surface area (Å²) in [5.74, 6) is 1.06. The summed E-state index contributed by atoms with van der Waals surface area (Å²) in [5.41, 5.74) is 10.9. The molecule has 26 heavy (non-hydrogen) atoms. The number of H-pyrrole nitrogens is 1. The van der Waals surface area contributed by atoms with Crippen molar-refractivity contribution in [2.45, 2.75) is 10.6 Å². The first kappa shape index (κ1) is 16.1. The molecule has 4 aromatic rings. The number of aromatic amines is 1. The number of nitrogens with zero attached hydrogens (tertiary/aromatic N) is 5. The van der Waals surface area contributed by atoms with Crippen LogP contribution < -0.4 is 5.73 Å². The molecule has 0 saturated carbocycles. The molecule has 8 heteroatoms. The van der Waals surface area contributed by atoms with Gasteiger partial charge in [-0.1, -0.05) is 11.3 Å². The number of nitrogens with one attached hydrogen (secondary N) is 1. The number of fused-ring (bicyclic) bond motifs is 1. The van der Waals surface area contributed by atoms with Gasteiger partial charge in [-0.05, 0) is 47.0 Å². The van der Waals surface area contributed by atoms with Crippen LogP contribution in [0, 0.1) is 11.3 Å². The Bertz CT molecular complexity index is 1120. The van der Waals surface area contributed by atoms with Gasteiger partial charge in [-0.25, -0.2) is 10.1 Å². The minimum Gasteiger partial charge on any atom is -0.384 e. The first-order valence-electron chi connectivity index (χ1n) is 7.78. The third kappa shape index (κ3) is 3.08. The number of anilines is 1. The minimum absolute atomic E-state index is 0.409. The van der Waals surface area contributed by atoms with E-state index in [0.29, 0.717) is 28.3 Å². The van der Waals surface area contributed by atoms with Gasteiger partial charge in [0.2, 0.25) is 0 Å². The molecule has 0 bridgehead atoms. The van der Waals surface area contributed by atoms with Gasteiger partial charge in [0.25, 0.3) is 0 Å². The Labute approximate surface area is 153 Å². The van der Waals surface area contributed by atoms with Gasteiger partial charge in [0.05, 0.1) is 11.6 Å². The van der Waals surface area contributed by atoms with Crippen molar-refractivity contribution in [2.75, 3.05) is 5.73 Å². The van der Waals surface area contributed by atoms with Crippen molar-refractivity contribution < 1.29 is 0 Å². The van der Waals surface area contributed by atoms with Gasteiger partial charge >= 0.3 is 0 Å². The summed E-state index contributed by atoms with van der Waals surface area (Å²) in [6.45, 7) is 0. The molecule has 3 aromatic heterocycles. The van der Waals surface area contributed by atoms with Crippen LogP contribution in [0.25, 0.3) is 22.3 Å². The number of hydrogen-bond donors (Lipinski definition) is 2. The van der Waals surface area contributed by atoms with Crippen LogP contribution in [0.3, 0.4) is 0 Å². The average Bonchev–Trinajstić information content (AvgIpc) is 3.15. The molecule has 3 N–H and O–H groups in total. The van der Waals surface area contributed by atoms with Gasteiger partial charge < -0.3 is 5.73 Å². The Morgan fingerprint density at radius 3 is 2.81 bits per heavy atom. The van der Waals surface area contributed by atoms with Gasteiger partial charge in [0, 0.05) is 23.0 Å². The number of nitrogen functional groups attached to an aromatic ring is 1. The van der Waals surface area contributed by atoms with Gasteiger partial charge in [-0.2, -0.15) is 5.26 Å². The molecule has 126 valence electrons. The molecule has 0 radical (unpaired) electrons. The van der Waals surface area contributed by atoms with Crippen LogP contribution >= 0.6 is 11.8 Å². The van der Waals surface area contributed by atoms with Crippen LogP contribution in [0.15, 0.2) is 53.7 Å². The van der Waals surface area contributed by atoms with Crippen molar-refractivity contribution in [1.82, 2.24) is 25.4 Å². The molecule has 4 rings (SSSR count). The number of hydrogen-bond acceptors (Lipinski definition) is 7. The van der Waals surface area contributed by atoms with Crippen molar-refractivity contribution in [3.05, 3.63) is 59.9 Å². The molecular weight excluding hydrogens is 346 g/mol. The van der Waals surface area contributed by atoms with E-state index in [-0.39, 0.29) is 0 Å². The second kappa shape index (κ2) is 6.82. The fraction of sp³-hybridized carbons (Fsp3) is 0.0556. The molecular formula is C18H13N7S. The van der Waals surface area contributed by atoms with Crippen LogP contribution in [0.5, 0.6) is 0 Å². The lowest BCUT2D eigenvalue weighted by atomic mass is 9.99. The van der Waals surface area contributed by atoms with E-state index in [1.165, 1.54) is 0 Å². The first-order valence-corrected chi connectivity index (χ1v) is 8.76. The lowest BCUT2D eigenvalue weighted by Crippen LogP contribution is -1.93. The van der Waals surface area contributed by atoms with E-state index in [1.54, 1.807) is 30.2 Å². The smallest absolute Gasteiger partial charge is 0.179 e. The minimum atomic E-state index is 0.409. The molecule has 7 nitrogen and oxygen atoms in total. The Hall–Kier alpha value is -3.44. The maximum absolute atomic E-state index is 9.24. The standard InChI is InChI=1S/C18H13N7S/c19-9-11-1-2-14(12-3-5-21-6-4-12)13(7-11)10-26-15-8-16(20)22-18-17(15)23-25-24-18/h1-8H,10H2,(H3,20,22,23,24,25). The van der Waals surface area contributed by atoms with E-state index in [4.69, 9.17) is 5.73 Å². The summed E-state index contributed by atoms with van der Waals surface area (Å²) in [6, 6.07) is 13.6. The van der Waals surface area contributed by atoms with Crippen molar-refractivity contribution in [2.24, 2.45) is 0 Å². The summed E-state index contributed by atoms with van der Waals surface area (Å²) in [5, 5.41) is 19.9. The molecule has 0 saturated heterocycles. The van der Waals surface area contributed by atoms with E-state index in [0.717, 1.165) is 21.6 Å². The fourth-order valence-corrected chi connectivity index (χ4v) is 3.72. The summed E-state index contributed by atoms with van der Waals surface area (Å²) < 4.78 is 0. The van der Waals surface area contributed by atoms with Crippen molar-refractivity contribution >= 4 is 28.7 Å². The second-order valence-electron chi connectivity index (χ2n) is 5.56. The van der Waals surface area contributed by atoms with E-state index >= 15 is 0 Å². The lowest BCUT2D eigenvalue weighted by molar-refractivity contribution is 0.953. The molecule has 0 aliphatic rings. The van der Waals surface area contributed by atoms with E-state index < -0.39 is 0 Å². The largest absolute Gasteiger partial charge is 0.384 e. The Morgan fingerprint density at radius 2 is 2.00 bits per heavy atom. The highest BCUT2D eigenvalue weighted by Crippen LogP contribution is 2.33. The number of pyridine rings is 2. The van der Waals surface area contributed by atoms with Gasteiger partial charge in [-0.15, -0.1) is 16.9 Å². The zero-order valence-corrected chi connectivity index (χ0v) is 14.4. The highest BCUT2D eigenvalue weighted by Gasteiger charge is 2.12. The molecule has 0 fully saturated rings. The maximum atomic E-state index is 9.24. The second-order valence-corrected chi connectivity index (χ2v) is 6.58. The highest BCUT2D eigenvalue weighted by molar-refractivity contribution is 7.98. The molecule has 0 atom stereocenters. The van der Waals surface area contributed by atoms with Crippen LogP contribution in [-0.2, 0) is 5.75 Å². The number of aromatic nitrogens is 5.